The number of hydrogen-bond donors (Lipinski definition) is 1. The summed E-state index contributed by atoms with van der Waals surface area (Å²) >= 11 is 0. The predicted octanol–water partition coefficient (Wildman–Crippen LogP) is 1.86. The van der Waals surface area contributed by atoms with Gasteiger partial charge in [-0.05, 0) is 5.56 Å². The third-order valence-electron chi connectivity index (χ3n) is 3.15. The Kier molecular flexibility index (Phi) is 4.71. The molecule has 1 heterocycles. The summed E-state index contributed by atoms with van der Waals surface area (Å²) in [6.45, 7) is 1.50. The minimum absolute atomic E-state index is 0.0948. The van der Waals surface area contributed by atoms with Gasteiger partial charge in [0.05, 0.1) is 12.0 Å². The average Bonchev–Trinajstić information content (AvgIpc) is 2.85. The van der Waals surface area contributed by atoms with E-state index < -0.39 is 0 Å². The van der Waals surface area contributed by atoms with Crippen LogP contribution in [-0.2, 0) is 13.5 Å². The van der Waals surface area contributed by atoms with Gasteiger partial charge in [-0.3, -0.25) is 0 Å². The van der Waals surface area contributed by atoms with Gasteiger partial charge in [0.1, 0.15) is 5.82 Å². The van der Waals surface area contributed by atoms with Crippen LogP contribution in [0.5, 0.6) is 0 Å². The maximum Gasteiger partial charge on any atom is 0.109 e. The van der Waals surface area contributed by atoms with E-state index in [1.807, 2.05) is 48.1 Å². The van der Waals surface area contributed by atoms with Crippen molar-refractivity contribution in [3.63, 3.8) is 0 Å². The fourth-order valence-corrected chi connectivity index (χ4v) is 2.01. The van der Waals surface area contributed by atoms with Gasteiger partial charge < -0.3 is 9.88 Å². The third kappa shape index (κ3) is 3.67. The topological polar surface area (TPSA) is 53.6 Å². The van der Waals surface area contributed by atoms with Gasteiger partial charge in [0.15, 0.2) is 0 Å². The minimum atomic E-state index is -0.0948. The Labute approximate surface area is 113 Å². The zero-order valence-electron chi connectivity index (χ0n) is 11.1. The lowest BCUT2D eigenvalue weighted by atomic mass is 10.0. The summed E-state index contributed by atoms with van der Waals surface area (Å²) in [7, 11) is 1.99. The monoisotopic (exact) mass is 254 g/mol. The molecule has 1 unspecified atom stereocenters. The van der Waals surface area contributed by atoms with Crippen molar-refractivity contribution in [2.24, 2.45) is 7.05 Å². The van der Waals surface area contributed by atoms with Crippen LogP contribution in [0.2, 0.25) is 0 Å². The van der Waals surface area contributed by atoms with Crippen LogP contribution in [-0.4, -0.2) is 22.6 Å². The van der Waals surface area contributed by atoms with Crippen molar-refractivity contribution in [3.8, 4) is 6.07 Å². The number of nitrogens with one attached hydrogen (secondary N) is 1. The Morgan fingerprint density at radius 2 is 2.16 bits per heavy atom. The van der Waals surface area contributed by atoms with Gasteiger partial charge in [-0.2, -0.15) is 5.26 Å². The molecule has 0 aliphatic carbocycles. The van der Waals surface area contributed by atoms with Crippen LogP contribution < -0.4 is 5.32 Å². The fourth-order valence-electron chi connectivity index (χ4n) is 2.01. The SMILES string of the molecule is Cn1ccnc1CCNCC(C#N)c1ccccc1. The average molecular weight is 254 g/mol. The summed E-state index contributed by atoms with van der Waals surface area (Å²) in [6, 6.07) is 12.2. The van der Waals surface area contributed by atoms with Gasteiger partial charge in [0, 0.05) is 39.0 Å². The van der Waals surface area contributed by atoms with Gasteiger partial charge in [-0.15, -0.1) is 0 Å². The molecule has 2 rings (SSSR count). The quantitative estimate of drug-likeness (QED) is 0.801. The third-order valence-corrected chi connectivity index (χ3v) is 3.15. The molecule has 0 fully saturated rings. The van der Waals surface area contributed by atoms with Crippen molar-refractivity contribution in [3.05, 3.63) is 54.1 Å². The van der Waals surface area contributed by atoms with Gasteiger partial charge in [0.25, 0.3) is 0 Å². The van der Waals surface area contributed by atoms with Crippen LogP contribution in [0.1, 0.15) is 17.3 Å². The van der Waals surface area contributed by atoms with E-state index in [1.165, 1.54) is 0 Å². The normalized spacial score (nSPS) is 12.0. The van der Waals surface area contributed by atoms with Crippen LogP contribution >= 0.6 is 0 Å². The second-order valence-electron chi connectivity index (χ2n) is 4.50. The number of imidazole rings is 1. The highest BCUT2D eigenvalue weighted by Gasteiger charge is 2.09. The summed E-state index contributed by atoms with van der Waals surface area (Å²) < 4.78 is 2.01. The first-order valence-electron chi connectivity index (χ1n) is 6.42. The number of nitrogens with zero attached hydrogens (tertiary/aromatic N) is 3. The molecule has 1 aromatic heterocycles. The van der Waals surface area contributed by atoms with Crippen LogP contribution in [0.3, 0.4) is 0 Å². The second kappa shape index (κ2) is 6.72. The van der Waals surface area contributed by atoms with Crippen LogP contribution in [0, 0.1) is 11.3 Å². The van der Waals surface area contributed by atoms with Crippen LogP contribution in [0.25, 0.3) is 0 Å². The number of hydrogen-bond acceptors (Lipinski definition) is 3. The largest absolute Gasteiger partial charge is 0.338 e. The minimum Gasteiger partial charge on any atom is -0.338 e. The van der Waals surface area contributed by atoms with Crippen molar-refractivity contribution < 1.29 is 0 Å². The summed E-state index contributed by atoms with van der Waals surface area (Å²) in [4.78, 5) is 4.27. The van der Waals surface area contributed by atoms with Gasteiger partial charge in [-0.1, -0.05) is 30.3 Å². The van der Waals surface area contributed by atoms with E-state index in [-0.39, 0.29) is 5.92 Å². The Bertz CT molecular complexity index is 539. The van der Waals surface area contributed by atoms with Crippen molar-refractivity contribution >= 4 is 0 Å². The number of nitriles is 1. The molecule has 4 heteroatoms. The van der Waals surface area contributed by atoms with Crippen LogP contribution in [0.4, 0.5) is 0 Å². The highest BCUT2D eigenvalue weighted by Crippen LogP contribution is 2.12. The van der Waals surface area contributed by atoms with E-state index in [9.17, 15) is 5.26 Å². The number of rotatable bonds is 6. The van der Waals surface area contributed by atoms with Crippen molar-refractivity contribution in [2.75, 3.05) is 13.1 Å². The molecule has 1 atom stereocenters. The highest BCUT2D eigenvalue weighted by molar-refractivity contribution is 5.24. The first-order valence-corrected chi connectivity index (χ1v) is 6.42. The molecule has 0 spiro atoms. The summed E-state index contributed by atoms with van der Waals surface area (Å²) in [5.41, 5.74) is 1.06. The van der Waals surface area contributed by atoms with E-state index in [0.29, 0.717) is 6.54 Å². The first-order chi connectivity index (χ1) is 9.31. The molecule has 1 aromatic carbocycles. The first kappa shape index (κ1) is 13.3. The van der Waals surface area contributed by atoms with E-state index >= 15 is 0 Å². The molecule has 19 heavy (non-hydrogen) atoms. The zero-order valence-corrected chi connectivity index (χ0v) is 11.1. The smallest absolute Gasteiger partial charge is 0.109 e. The summed E-state index contributed by atoms with van der Waals surface area (Å²) in [6.07, 6.45) is 4.62. The van der Waals surface area contributed by atoms with Gasteiger partial charge >= 0.3 is 0 Å². The Hall–Kier alpha value is -2.12. The maximum atomic E-state index is 9.20. The lowest BCUT2D eigenvalue weighted by Gasteiger charge is -2.10. The molecule has 0 amide bonds. The molecule has 2 aromatic rings. The van der Waals surface area contributed by atoms with Crippen LogP contribution in [0.15, 0.2) is 42.7 Å². The second-order valence-corrected chi connectivity index (χ2v) is 4.50. The van der Waals surface area contributed by atoms with E-state index in [2.05, 4.69) is 16.4 Å². The molecule has 0 bridgehead atoms. The number of benzene rings is 1. The standard InChI is InChI=1S/C15H18N4/c1-19-10-9-18-15(19)7-8-17-12-14(11-16)13-5-3-2-4-6-13/h2-6,9-10,14,17H,7-8,12H2,1H3. The Morgan fingerprint density at radius 1 is 1.37 bits per heavy atom. The molecular weight excluding hydrogens is 236 g/mol. The molecule has 0 saturated heterocycles. The van der Waals surface area contributed by atoms with Crippen molar-refractivity contribution in [1.29, 1.82) is 5.26 Å². The molecule has 0 saturated carbocycles. The molecule has 4 nitrogen and oxygen atoms in total. The predicted molar refractivity (Wildman–Crippen MR) is 74.6 cm³/mol. The maximum absolute atomic E-state index is 9.20. The van der Waals surface area contributed by atoms with Gasteiger partial charge in [-0.25, -0.2) is 4.98 Å². The number of aromatic nitrogens is 2. The molecule has 0 radical (unpaired) electrons. The Morgan fingerprint density at radius 3 is 2.79 bits per heavy atom. The summed E-state index contributed by atoms with van der Waals surface area (Å²) in [5.74, 6) is 0.961. The lowest BCUT2D eigenvalue weighted by molar-refractivity contribution is 0.629. The van der Waals surface area contributed by atoms with E-state index in [4.69, 9.17) is 0 Å². The van der Waals surface area contributed by atoms with E-state index in [0.717, 1.165) is 24.4 Å². The van der Waals surface area contributed by atoms with Crippen molar-refractivity contribution in [1.82, 2.24) is 14.9 Å². The van der Waals surface area contributed by atoms with Crippen molar-refractivity contribution in [2.45, 2.75) is 12.3 Å². The molecule has 0 aliphatic rings. The molecular formula is C15H18N4. The summed E-state index contributed by atoms with van der Waals surface area (Å²) in [5, 5.41) is 12.5. The number of aryl methyl sites for hydroxylation is 1. The molecule has 1 N–H and O–H groups in total. The molecule has 0 aliphatic heterocycles. The fraction of sp³-hybridized carbons (Fsp3) is 0.333. The van der Waals surface area contributed by atoms with Gasteiger partial charge in [0.2, 0.25) is 0 Å². The van der Waals surface area contributed by atoms with E-state index in [1.54, 1.807) is 6.20 Å². The Balaban J connectivity index is 1.79. The lowest BCUT2D eigenvalue weighted by Crippen LogP contribution is -2.24. The zero-order chi connectivity index (χ0) is 13.5. The highest BCUT2D eigenvalue weighted by atomic mass is 15.0. The molecule has 98 valence electrons.